The van der Waals surface area contributed by atoms with E-state index < -0.39 is 0 Å². The van der Waals surface area contributed by atoms with Crippen molar-refractivity contribution in [1.29, 1.82) is 0 Å². The van der Waals surface area contributed by atoms with Crippen molar-refractivity contribution in [3.05, 3.63) is 66.4 Å². The van der Waals surface area contributed by atoms with Crippen LogP contribution in [0.5, 0.6) is 5.75 Å². The lowest BCUT2D eigenvalue weighted by molar-refractivity contribution is 0.475. The van der Waals surface area contributed by atoms with E-state index in [2.05, 4.69) is 11.1 Å². The summed E-state index contributed by atoms with van der Waals surface area (Å²) in [6.45, 7) is 3.92. The smallest absolute Gasteiger partial charge is 0.115 e. The van der Waals surface area contributed by atoms with Gasteiger partial charge in [0.1, 0.15) is 23.6 Å². The summed E-state index contributed by atoms with van der Waals surface area (Å²) in [4.78, 5) is 4.60. The van der Waals surface area contributed by atoms with Crippen LogP contribution in [0.1, 0.15) is 11.5 Å². The molecule has 0 spiro atoms. The molecule has 4 heteroatoms. The summed E-state index contributed by atoms with van der Waals surface area (Å²) in [6.07, 6.45) is 1.81. The first kappa shape index (κ1) is 13.6. The number of fused-ring (bicyclic) bond motifs is 1. The van der Waals surface area contributed by atoms with E-state index in [1.54, 1.807) is 12.1 Å². The Morgan fingerprint density at radius 3 is 2.48 bits per heavy atom. The van der Waals surface area contributed by atoms with Gasteiger partial charge in [0.05, 0.1) is 11.0 Å². The number of aromatic hydroxyl groups is 1. The van der Waals surface area contributed by atoms with Crippen LogP contribution in [-0.4, -0.2) is 14.7 Å². The van der Waals surface area contributed by atoms with Gasteiger partial charge in [-0.3, -0.25) is 4.57 Å². The number of hydrogen-bond acceptors (Lipinski definition) is 3. The fourth-order valence-corrected chi connectivity index (χ4v) is 2.97. The molecule has 0 fully saturated rings. The van der Waals surface area contributed by atoms with Gasteiger partial charge in [0.15, 0.2) is 0 Å². The summed E-state index contributed by atoms with van der Waals surface area (Å²) >= 11 is 0. The second-order valence-corrected chi connectivity index (χ2v) is 5.63. The fraction of sp³-hybridized carbons (Fsp3) is 0.105. The van der Waals surface area contributed by atoms with E-state index in [4.69, 9.17) is 4.42 Å². The molecule has 4 rings (SSSR count). The summed E-state index contributed by atoms with van der Waals surface area (Å²) in [5.74, 6) is 2.05. The van der Waals surface area contributed by atoms with E-state index in [0.29, 0.717) is 0 Å². The number of phenols is 1. The molecular weight excluding hydrogens is 288 g/mol. The molecule has 23 heavy (non-hydrogen) atoms. The minimum Gasteiger partial charge on any atom is -0.508 e. The third kappa shape index (κ3) is 2.19. The van der Waals surface area contributed by atoms with Gasteiger partial charge < -0.3 is 9.52 Å². The Labute approximate surface area is 133 Å². The maximum absolute atomic E-state index is 9.46. The third-order valence-electron chi connectivity index (χ3n) is 4.04. The molecule has 0 aliphatic carbocycles. The second-order valence-electron chi connectivity index (χ2n) is 5.63. The van der Waals surface area contributed by atoms with E-state index in [1.807, 2.05) is 55.1 Å². The van der Waals surface area contributed by atoms with Crippen LogP contribution in [0.2, 0.25) is 0 Å². The monoisotopic (exact) mass is 304 g/mol. The summed E-state index contributed by atoms with van der Waals surface area (Å²) in [5.41, 5.74) is 5.05. The topological polar surface area (TPSA) is 51.2 Å². The molecule has 4 aromatic rings. The van der Waals surface area contributed by atoms with Crippen LogP contribution in [0.4, 0.5) is 0 Å². The molecule has 4 nitrogen and oxygen atoms in total. The maximum atomic E-state index is 9.46. The van der Waals surface area contributed by atoms with Crippen LogP contribution in [0.3, 0.4) is 0 Å². The number of hydrogen-bond donors (Lipinski definition) is 1. The Morgan fingerprint density at radius 1 is 1.00 bits per heavy atom. The van der Waals surface area contributed by atoms with Gasteiger partial charge >= 0.3 is 0 Å². The lowest BCUT2D eigenvalue weighted by atomic mass is 10.0. The SMILES string of the molecule is Cc1cc(-c2cccc3c2ncn3-c2ccc(O)cc2)c(C)o1. The Hall–Kier alpha value is -3.01. The predicted molar refractivity (Wildman–Crippen MR) is 89.9 cm³/mol. The highest BCUT2D eigenvalue weighted by Crippen LogP contribution is 2.32. The molecule has 0 aliphatic rings. The highest BCUT2D eigenvalue weighted by Gasteiger charge is 2.14. The summed E-state index contributed by atoms with van der Waals surface area (Å²) < 4.78 is 7.67. The van der Waals surface area contributed by atoms with Gasteiger partial charge in [0.2, 0.25) is 0 Å². The Kier molecular flexibility index (Phi) is 2.98. The lowest BCUT2D eigenvalue weighted by Crippen LogP contribution is -1.91. The molecule has 2 heterocycles. The molecule has 0 saturated heterocycles. The van der Waals surface area contributed by atoms with Crippen molar-refractivity contribution >= 4 is 11.0 Å². The standard InChI is InChI=1S/C19H16N2O2/c1-12-10-17(13(2)23-12)16-4-3-5-18-19(16)20-11-21(18)14-6-8-15(22)9-7-14/h3-11,22H,1-2H3. The molecular formula is C19H16N2O2. The van der Waals surface area contributed by atoms with Crippen molar-refractivity contribution in [2.24, 2.45) is 0 Å². The van der Waals surface area contributed by atoms with Gasteiger partial charge in [-0.2, -0.15) is 0 Å². The van der Waals surface area contributed by atoms with Crippen LogP contribution < -0.4 is 0 Å². The van der Waals surface area contributed by atoms with Gasteiger partial charge in [-0.15, -0.1) is 0 Å². The van der Waals surface area contributed by atoms with E-state index >= 15 is 0 Å². The van der Waals surface area contributed by atoms with Crippen LogP contribution >= 0.6 is 0 Å². The average molecular weight is 304 g/mol. The van der Waals surface area contributed by atoms with Crippen LogP contribution in [0.25, 0.3) is 27.8 Å². The summed E-state index contributed by atoms with van der Waals surface area (Å²) in [5, 5.41) is 9.46. The zero-order valence-electron chi connectivity index (χ0n) is 12.9. The second kappa shape index (κ2) is 5.02. The summed E-state index contributed by atoms with van der Waals surface area (Å²) in [7, 11) is 0. The van der Waals surface area contributed by atoms with Crippen LogP contribution in [-0.2, 0) is 0 Å². The molecule has 0 amide bonds. The maximum Gasteiger partial charge on any atom is 0.115 e. The Morgan fingerprint density at radius 2 is 1.78 bits per heavy atom. The minimum absolute atomic E-state index is 0.253. The molecule has 114 valence electrons. The zero-order valence-corrected chi connectivity index (χ0v) is 12.9. The quantitative estimate of drug-likeness (QED) is 0.588. The number of aryl methyl sites for hydroxylation is 2. The first-order chi connectivity index (χ1) is 11.1. The number of furan rings is 1. The van der Waals surface area contributed by atoms with E-state index in [1.165, 1.54) is 0 Å². The average Bonchev–Trinajstić information content (AvgIpc) is 3.11. The van der Waals surface area contributed by atoms with Gasteiger partial charge in [-0.1, -0.05) is 12.1 Å². The van der Waals surface area contributed by atoms with Crippen molar-refractivity contribution < 1.29 is 9.52 Å². The number of benzene rings is 2. The molecule has 1 N–H and O–H groups in total. The molecule has 2 aromatic carbocycles. The highest BCUT2D eigenvalue weighted by molar-refractivity contribution is 5.93. The number of rotatable bonds is 2. The van der Waals surface area contributed by atoms with Gasteiger partial charge in [-0.05, 0) is 50.2 Å². The van der Waals surface area contributed by atoms with Crippen molar-refractivity contribution in [2.45, 2.75) is 13.8 Å². The number of imidazole rings is 1. The van der Waals surface area contributed by atoms with Crippen molar-refractivity contribution in [2.75, 3.05) is 0 Å². The van der Waals surface area contributed by atoms with Gasteiger partial charge in [0, 0.05) is 16.8 Å². The van der Waals surface area contributed by atoms with Crippen LogP contribution in [0.15, 0.2) is 59.3 Å². The molecule has 2 aromatic heterocycles. The predicted octanol–water partition coefficient (Wildman–Crippen LogP) is 4.61. The molecule has 0 aliphatic heterocycles. The van der Waals surface area contributed by atoms with E-state index in [-0.39, 0.29) is 5.75 Å². The number of phenolic OH excluding ortho intramolecular Hbond substituents is 1. The summed E-state index contributed by atoms with van der Waals surface area (Å²) in [6, 6.07) is 15.3. The van der Waals surface area contributed by atoms with E-state index in [9.17, 15) is 5.11 Å². The van der Waals surface area contributed by atoms with Crippen molar-refractivity contribution in [1.82, 2.24) is 9.55 Å². The Bertz CT molecular complexity index is 994. The molecule has 0 unspecified atom stereocenters. The molecule has 0 atom stereocenters. The Balaban J connectivity index is 1.93. The fourth-order valence-electron chi connectivity index (χ4n) is 2.97. The highest BCUT2D eigenvalue weighted by atomic mass is 16.3. The first-order valence-electron chi connectivity index (χ1n) is 7.46. The van der Waals surface area contributed by atoms with E-state index in [0.717, 1.165) is 39.4 Å². The first-order valence-corrected chi connectivity index (χ1v) is 7.46. The van der Waals surface area contributed by atoms with Crippen molar-refractivity contribution in [3.8, 4) is 22.6 Å². The number of aromatic nitrogens is 2. The zero-order chi connectivity index (χ0) is 16.0. The van der Waals surface area contributed by atoms with Crippen LogP contribution in [0, 0.1) is 13.8 Å². The number of nitrogens with zero attached hydrogens (tertiary/aromatic N) is 2. The number of para-hydroxylation sites is 1. The normalized spacial score (nSPS) is 11.2. The van der Waals surface area contributed by atoms with Gasteiger partial charge in [-0.25, -0.2) is 4.98 Å². The lowest BCUT2D eigenvalue weighted by Gasteiger charge is -2.06. The van der Waals surface area contributed by atoms with Gasteiger partial charge in [0.25, 0.3) is 0 Å². The van der Waals surface area contributed by atoms with Crippen molar-refractivity contribution in [3.63, 3.8) is 0 Å². The largest absolute Gasteiger partial charge is 0.508 e. The molecule has 0 bridgehead atoms. The molecule has 0 saturated carbocycles. The molecule has 0 radical (unpaired) electrons. The minimum atomic E-state index is 0.253. The third-order valence-corrected chi connectivity index (χ3v) is 4.04.